The van der Waals surface area contributed by atoms with Gasteiger partial charge >= 0.3 is 6.09 Å². The van der Waals surface area contributed by atoms with E-state index in [0.717, 1.165) is 12.8 Å². The monoisotopic (exact) mass is 360 g/mol. The van der Waals surface area contributed by atoms with Gasteiger partial charge in [0, 0.05) is 27.2 Å². The van der Waals surface area contributed by atoms with Gasteiger partial charge < -0.3 is 14.5 Å². The molecule has 5 heteroatoms. The van der Waals surface area contributed by atoms with Gasteiger partial charge in [-0.05, 0) is 52.0 Å². The molecular formula is C21H32N2O3. The molecule has 1 saturated heterocycles. The average Bonchev–Trinajstić information content (AvgIpc) is 2.59. The van der Waals surface area contributed by atoms with E-state index in [1.165, 1.54) is 5.56 Å². The van der Waals surface area contributed by atoms with Gasteiger partial charge in [-0.3, -0.25) is 4.79 Å². The Bertz CT molecular complexity index is 612. The summed E-state index contributed by atoms with van der Waals surface area (Å²) in [6.45, 7) is 6.73. The van der Waals surface area contributed by atoms with Crippen molar-refractivity contribution in [1.82, 2.24) is 9.80 Å². The SMILES string of the molecule is CN(C)C(=O)C1(CCc2ccccc2)CCN(C(=O)OC(C)(C)C)CC1. The highest BCUT2D eigenvalue weighted by Gasteiger charge is 2.43. The van der Waals surface area contributed by atoms with Gasteiger partial charge in [-0.2, -0.15) is 0 Å². The molecule has 26 heavy (non-hydrogen) atoms. The maximum atomic E-state index is 12.9. The zero-order chi connectivity index (χ0) is 19.4. The molecule has 0 unspecified atom stereocenters. The zero-order valence-electron chi connectivity index (χ0n) is 16.7. The Labute approximate surface area is 157 Å². The molecule has 0 aliphatic carbocycles. The molecule has 1 aromatic rings. The van der Waals surface area contributed by atoms with Crippen molar-refractivity contribution in [2.24, 2.45) is 5.41 Å². The number of amides is 2. The van der Waals surface area contributed by atoms with Crippen LogP contribution in [-0.4, -0.2) is 54.6 Å². The number of carbonyl (C=O) groups excluding carboxylic acids is 2. The summed E-state index contributed by atoms with van der Waals surface area (Å²) < 4.78 is 5.47. The van der Waals surface area contributed by atoms with Gasteiger partial charge in [0.25, 0.3) is 0 Å². The number of likely N-dealkylation sites (tertiary alicyclic amines) is 1. The summed E-state index contributed by atoms with van der Waals surface area (Å²) >= 11 is 0. The molecule has 1 aliphatic rings. The van der Waals surface area contributed by atoms with Crippen LogP contribution in [0, 0.1) is 5.41 Å². The van der Waals surface area contributed by atoms with E-state index in [0.29, 0.717) is 25.9 Å². The van der Waals surface area contributed by atoms with Crippen LogP contribution in [0.5, 0.6) is 0 Å². The van der Waals surface area contributed by atoms with Gasteiger partial charge in [0.15, 0.2) is 0 Å². The Morgan fingerprint density at radius 3 is 2.19 bits per heavy atom. The van der Waals surface area contributed by atoms with Gasteiger partial charge in [-0.15, -0.1) is 0 Å². The van der Waals surface area contributed by atoms with Crippen molar-refractivity contribution in [3.05, 3.63) is 35.9 Å². The number of rotatable bonds is 4. The fourth-order valence-corrected chi connectivity index (χ4v) is 3.52. The number of benzene rings is 1. The smallest absolute Gasteiger partial charge is 0.410 e. The number of aryl methyl sites for hydroxylation is 1. The van der Waals surface area contributed by atoms with Crippen LogP contribution in [0.25, 0.3) is 0 Å². The molecule has 2 rings (SSSR count). The van der Waals surface area contributed by atoms with E-state index in [4.69, 9.17) is 4.74 Å². The molecule has 1 aliphatic heterocycles. The minimum absolute atomic E-state index is 0.164. The van der Waals surface area contributed by atoms with Gasteiger partial charge in [0.1, 0.15) is 5.60 Å². The lowest BCUT2D eigenvalue weighted by Gasteiger charge is -2.42. The topological polar surface area (TPSA) is 49.9 Å². The fourth-order valence-electron chi connectivity index (χ4n) is 3.52. The predicted octanol–water partition coefficient (Wildman–Crippen LogP) is 3.72. The summed E-state index contributed by atoms with van der Waals surface area (Å²) in [4.78, 5) is 28.7. The second kappa shape index (κ2) is 8.11. The minimum Gasteiger partial charge on any atom is -0.444 e. The third-order valence-electron chi connectivity index (χ3n) is 4.97. The van der Waals surface area contributed by atoms with E-state index < -0.39 is 11.0 Å². The lowest BCUT2D eigenvalue weighted by molar-refractivity contribution is -0.143. The van der Waals surface area contributed by atoms with Crippen LogP contribution in [0.15, 0.2) is 30.3 Å². The highest BCUT2D eigenvalue weighted by atomic mass is 16.6. The third kappa shape index (κ3) is 5.23. The fraction of sp³-hybridized carbons (Fsp3) is 0.619. The Morgan fingerprint density at radius 2 is 1.69 bits per heavy atom. The molecule has 5 nitrogen and oxygen atoms in total. The summed E-state index contributed by atoms with van der Waals surface area (Å²) in [6, 6.07) is 10.3. The number of hydrogen-bond acceptors (Lipinski definition) is 3. The molecule has 144 valence electrons. The molecule has 1 aromatic carbocycles. The molecule has 0 aromatic heterocycles. The van der Waals surface area contributed by atoms with Crippen LogP contribution in [0.4, 0.5) is 4.79 Å². The van der Waals surface area contributed by atoms with E-state index >= 15 is 0 Å². The normalized spacial score (nSPS) is 16.9. The zero-order valence-corrected chi connectivity index (χ0v) is 16.7. The molecule has 0 N–H and O–H groups in total. The predicted molar refractivity (Wildman–Crippen MR) is 103 cm³/mol. The van der Waals surface area contributed by atoms with E-state index in [1.54, 1.807) is 9.80 Å². The van der Waals surface area contributed by atoms with Crippen molar-refractivity contribution in [3.63, 3.8) is 0 Å². The molecule has 0 atom stereocenters. The number of piperidine rings is 1. The molecular weight excluding hydrogens is 328 g/mol. The Kier molecular flexibility index (Phi) is 6.32. The third-order valence-corrected chi connectivity index (χ3v) is 4.97. The standard InChI is InChI=1S/C21H32N2O3/c1-20(2,3)26-19(25)23-15-13-21(14-16-23,18(24)22(4)5)12-11-17-9-7-6-8-10-17/h6-10H,11-16H2,1-5H3. The Balaban J connectivity index is 2.06. The van der Waals surface area contributed by atoms with Crippen LogP contribution in [0.1, 0.15) is 45.6 Å². The molecule has 1 fully saturated rings. The summed E-state index contributed by atoms with van der Waals surface area (Å²) in [5, 5.41) is 0. The first-order valence-electron chi connectivity index (χ1n) is 9.37. The van der Waals surface area contributed by atoms with Crippen molar-refractivity contribution in [3.8, 4) is 0 Å². The number of ether oxygens (including phenoxy) is 1. The highest BCUT2D eigenvalue weighted by Crippen LogP contribution is 2.38. The van der Waals surface area contributed by atoms with E-state index in [1.807, 2.05) is 53.1 Å². The second-order valence-electron chi connectivity index (χ2n) is 8.43. The molecule has 2 amide bonds. The molecule has 0 bridgehead atoms. The van der Waals surface area contributed by atoms with Crippen LogP contribution in [0.3, 0.4) is 0 Å². The molecule has 0 radical (unpaired) electrons. The number of nitrogens with zero attached hydrogens (tertiary/aromatic N) is 2. The molecule has 1 heterocycles. The maximum Gasteiger partial charge on any atom is 0.410 e. The molecule has 0 spiro atoms. The first kappa shape index (κ1) is 20.3. The summed E-state index contributed by atoms with van der Waals surface area (Å²) in [6.07, 6.45) is 2.74. The van der Waals surface area contributed by atoms with Crippen molar-refractivity contribution < 1.29 is 14.3 Å². The highest BCUT2D eigenvalue weighted by molar-refractivity contribution is 5.82. The van der Waals surface area contributed by atoms with Crippen molar-refractivity contribution in [2.45, 2.75) is 52.1 Å². The average molecular weight is 360 g/mol. The number of hydrogen-bond donors (Lipinski definition) is 0. The first-order valence-corrected chi connectivity index (χ1v) is 9.37. The minimum atomic E-state index is -0.502. The number of carbonyl (C=O) groups is 2. The van der Waals surface area contributed by atoms with Crippen molar-refractivity contribution in [1.29, 1.82) is 0 Å². The van der Waals surface area contributed by atoms with Gasteiger partial charge in [0.2, 0.25) is 5.91 Å². The summed E-state index contributed by atoms with van der Waals surface area (Å²) in [7, 11) is 3.62. The lowest BCUT2D eigenvalue weighted by atomic mass is 9.73. The van der Waals surface area contributed by atoms with Crippen molar-refractivity contribution >= 4 is 12.0 Å². The van der Waals surface area contributed by atoms with Crippen LogP contribution in [0.2, 0.25) is 0 Å². The lowest BCUT2D eigenvalue weighted by Crippen LogP contribution is -2.50. The van der Waals surface area contributed by atoms with Crippen LogP contribution < -0.4 is 0 Å². The van der Waals surface area contributed by atoms with E-state index in [2.05, 4.69) is 12.1 Å². The van der Waals surface area contributed by atoms with Crippen LogP contribution in [-0.2, 0) is 16.0 Å². The summed E-state index contributed by atoms with van der Waals surface area (Å²) in [5.74, 6) is 0.164. The van der Waals surface area contributed by atoms with Gasteiger partial charge in [-0.25, -0.2) is 4.79 Å². The van der Waals surface area contributed by atoms with Crippen molar-refractivity contribution in [2.75, 3.05) is 27.2 Å². The van der Waals surface area contributed by atoms with E-state index in [-0.39, 0.29) is 12.0 Å². The molecule has 0 saturated carbocycles. The van der Waals surface area contributed by atoms with Gasteiger partial charge in [-0.1, -0.05) is 30.3 Å². The quantitative estimate of drug-likeness (QED) is 0.822. The first-order chi connectivity index (χ1) is 12.1. The Morgan fingerprint density at radius 1 is 1.12 bits per heavy atom. The largest absolute Gasteiger partial charge is 0.444 e. The maximum absolute atomic E-state index is 12.9. The van der Waals surface area contributed by atoms with Gasteiger partial charge in [0.05, 0.1) is 5.41 Å². The second-order valence-corrected chi connectivity index (χ2v) is 8.43. The Hall–Kier alpha value is -2.04. The summed E-state index contributed by atoms with van der Waals surface area (Å²) in [5.41, 5.74) is 0.337. The van der Waals surface area contributed by atoms with Crippen LogP contribution >= 0.6 is 0 Å². The van der Waals surface area contributed by atoms with E-state index in [9.17, 15) is 9.59 Å².